The minimum Gasteiger partial charge on any atom is -0.352 e. The maximum Gasteiger partial charge on any atom is 0.233 e. The molecule has 25 heavy (non-hydrogen) atoms. The monoisotopic (exact) mass is 354 g/mol. The van der Waals surface area contributed by atoms with Gasteiger partial charge in [0.15, 0.2) is 0 Å². The molecule has 2 bridgehead atoms. The van der Waals surface area contributed by atoms with Crippen molar-refractivity contribution in [2.45, 2.75) is 31.2 Å². The van der Waals surface area contributed by atoms with Gasteiger partial charge in [0.1, 0.15) is 12.1 Å². The molecule has 5 nitrogen and oxygen atoms in total. The van der Waals surface area contributed by atoms with Crippen LogP contribution in [0.25, 0.3) is 0 Å². The van der Waals surface area contributed by atoms with Crippen LogP contribution in [0.2, 0.25) is 0 Å². The molecule has 3 saturated heterocycles. The lowest BCUT2D eigenvalue weighted by atomic mass is 9.87. The van der Waals surface area contributed by atoms with Crippen LogP contribution in [0, 0.1) is 6.92 Å². The zero-order valence-electron chi connectivity index (χ0n) is 14.3. The van der Waals surface area contributed by atoms with Gasteiger partial charge >= 0.3 is 0 Å². The number of carbonyl (C=O) groups excluding carboxylic acids is 1. The molecule has 0 radical (unpaired) electrons. The van der Waals surface area contributed by atoms with Gasteiger partial charge in [-0.1, -0.05) is 30.3 Å². The summed E-state index contributed by atoms with van der Waals surface area (Å²) in [6.07, 6.45) is 2.74. The number of piperidine rings is 1. The maximum atomic E-state index is 12.6. The van der Waals surface area contributed by atoms with Crippen molar-refractivity contribution in [2.24, 2.45) is 0 Å². The predicted octanol–water partition coefficient (Wildman–Crippen LogP) is 2.51. The molecule has 0 N–H and O–H groups in total. The van der Waals surface area contributed by atoms with E-state index in [9.17, 15) is 4.79 Å². The first-order chi connectivity index (χ1) is 12.2. The van der Waals surface area contributed by atoms with Crippen molar-refractivity contribution >= 4 is 23.5 Å². The molecule has 4 heterocycles. The fraction of sp³-hybridized carbons (Fsp3) is 0.421. The molecule has 6 heteroatoms. The number of piperazine rings is 1. The summed E-state index contributed by atoms with van der Waals surface area (Å²) < 4.78 is 0. The van der Waals surface area contributed by atoms with E-state index in [1.807, 2.05) is 31.2 Å². The lowest BCUT2D eigenvalue weighted by Gasteiger charge is -2.56. The van der Waals surface area contributed by atoms with Gasteiger partial charge in [0.05, 0.1) is 17.8 Å². The van der Waals surface area contributed by atoms with Gasteiger partial charge in [-0.25, -0.2) is 9.97 Å². The van der Waals surface area contributed by atoms with Gasteiger partial charge in [-0.2, -0.15) is 0 Å². The predicted molar refractivity (Wildman–Crippen MR) is 101 cm³/mol. The number of nitrogens with zero attached hydrogens (tertiary/aromatic N) is 4. The van der Waals surface area contributed by atoms with Gasteiger partial charge in [0.2, 0.25) is 5.91 Å². The Hall–Kier alpha value is -2.08. The van der Waals surface area contributed by atoms with E-state index in [0.29, 0.717) is 17.8 Å². The largest absolute Gasteiger partial charge is 0.352 e. The molecule has 3 aliphatic heterocycles. The Morgan fingerprint density at radius 1 is 1.20 bits per heavy atom. The molecule has 2 atom stereocenters. The third-order valence-electron chi connectivity index (χ3n) is 4.93. The second-order valence-corrected chi connectivity index (χ2v) is 7.73. The van der Waals surface area contributed by atoms with E-state index in [-0.39, 0.29) is 5.91 Å². The van der Waals surface area contributed by atoms with Crippen molar-refractivity contribution in [3.63, 3.8) is 0 Å². The highest BCUT2D eigenvalue weighted by Gasteiger charge is 2.47. The average molecular weight is 354 g/mol. The number of anilines is 1. The van der Waals surface area contributed by atoms with Gasteiger partial charge in [-0.3, -0.25) is 4.79 Å². The molecule has 0 spiro atoms. The lowest BCUT2D eigenvalue weighted by Crippen LogP contribution is -2.70. The van der Waals surface area contributed by atoms with E-state index >= 15 is 0 Å². The number of aryl methyl sites for hydroxylation is 1. The summed E-state index contributed by atoms with van der Waals surface area (Å²) in [5, 5.41) is 0. The van der Waals surface area contributed by atoms with E-state index in [4.69, 9.17) is 0 Å². The van der Waals surface area contributed by atoms with Gasteiger partial charge in [-0.15, -0.1) is 11.8 Å². The van der Waals surface area contributed by atoms with Gasteiger partial charge < -0.3 is 9.80 Å². The Morgan fingerprint density at radius 2 is 1.96 bits per heavy atom. The summed E-state index contributed by atoms with van der Waals surface area (Å²) in [7, 11) is 0. The number of amides is 1. The minimum absolute atomic E-state index is 0.278. The zero-order chi connectivity index (χ0) is 17.2. The normalized spacial score (nSPS) is 21.8. The van der Waals surface area contributed by atoms with Crippen LogP contribution in [0.1, 0.15) is 17.7 Å². The van der Waals surface area contributed by atoms with Crippen LogP contribution >= 0.6 is 11.8 Å². The molecule has 1 aromatic carbocycles. The molecule has 2 unspecified atom stereocenters. The van der Waals surface area contributed by atoms with Gasteiger partial charge in [-0.05, 0) is 18.9 Å². The van der Waals surface area contributed by atoms with Crippen molar-refractivity contribution in [3.05, 3.63) is 54.0 Å². The Morgan fingerprint density at radius 3 is 2.68 bits per heavy atom. The van der Waals surface area contributed by atoms with Crippen molar-refractivity contribution in [2.75, 3.05) is 23.7 Å². The summed E-state index contributed by atoms with van der Waals surface area (Å²) >= 11 is 1.70. The zero-order valence-corrected chi connectivity index (χ0v) is 15.2. The standard InChI is InChI=1S/C19H22N4OS/c1-14-7-18(21-13-20-14)22-9-16-8-17(10-22)23(16)19(24)12-25-11-15-5-3-2-4-6-15/h2-7,13,16-17H,8-12H2,1H3. The molecule has 1 amide bonds. The van der Waals surface area contributed by atoms with Crippen molar-refractivity contribution in [1.29, 1.82) is 0 Å². The Labute approximate surface area is 152 Å². The quantitative estimate of drug-likeness (QED) is 0.826. The second kappa shape index (κ2) is 7.04. The van der Waals surface area contributed by atoms with Crippen LogP contribution in [0.5, 0.6) is 0 Å². The van der Waals surface area contributed by atoms with E-state index in [1.165, 1.54) is 5.56 Å². The van der Waals surface area contributed by atoms with Crippen molar-refractivity contribution < 1.29 is 4.79 Å². The fourth-order valence-corrected chi connectivity index (χ4v) is 4.58. The topological polar surface area (TPSA) is 49.3 Å². The highest BCUT2D eigenvalue weighted by molar-refractivity contribution is 7.99. The molecule has 1 aromatic heterocycles. The Bertz CT molecular complexity index is 742. The first-order valence-corrected chi connectivity index (χ1v) is 9.82. The average Bonchev–Trinajstić information content (AvgIpc) is 2.62. The molecular weight excluding hydrogens is 332 g/mol. The minimum atomic E-state index is 0.278. The third kappa shape index (κ3) is 3.49. The summed E-state index contributed by atoms with van der Waals surface area (Å²) in [4.78, 5) is 25.5. The van der Waals surface area contributed by atoms with Crippen LogP contribution in [0.4, 0.5) is 5.82 Å². The highest BCUT2D eigenvalue weighted by Crippen LogP contribution is 2.34. The number of fused-ring (bicyclic) bond motifs is 2. The number of aromatic nitrogens is 2. The Kier molecular flexibility index (Phi) is 4.61. The number of hydrogen-bond acceptors (Lipinski definition) is 5. The van der Waals surface area contributed by atoms with Gasteiger partial charge in [0.25, 0.3) is 0 Å². The first kappa shape index (κ1) is 16.4. The number of thioether (sulfide) groups is 1. The summed E-state index contributed by atoms with van der Waals surface area (Å²) in [6, 6.07) is 13.0. The van der Waals surface area contributed by atoms with E-state index in [2.05, 4.69) is 31.9 Å². The molecule has 0 aliphatic carbocycles. The SMILES string of the molecule is Cc1cc(N2CC3CC(C2)N3C(=O)CSCc2ccccc2)ncn1. The van der Waals surface area contributed by atoms with E-state index in [1.54, 1.807) is 18.1 Å². The summed E-state index contributed by atoms with van der Waals surface area (Å²) in [5.74, 6) is 2.71. The van der Waals surface area contributed by atoms with Crippen LogP contribution in [0.3, 0.4) is 0 Å². The van der Waals surface area contributed by atoms with E-state index < -0.39 is 0 Å². The van der Waals surface area contributed by atoms with Gasteiger partial charge in [0, 0.05) is 30.6 Å². The number of carbonyl (C=O) groups is 1. The van der Waals surface area contributed by atoms with Crippen molar-refractivity contribution in [3.8, 4) is 0 Å². The maximum absolute atomic E-state index is 12.6. The van der Waals surface area contributed by atoms with Crippen LogP contribution in [0.15, 0.2) is 42.7 Å². The lowest BCUT2D eigenvalue weighted by molar-refractivity contribution is -0.143. The molecule has 2 aromatic rings. The Balaban J connectivity index is 1.30. The fourth-order valence-electron chi connectivity index (χ4n) is 3.72. The number of hydrogen-bond donors (Lipinski definition) is 0. The number of benzene rings is 1. The first-order valence-electron chi connectivity index (χ1n) is 8.67. The summed E-state index contributed by atoms with van der Waals surface area (Å²) in [5.41, 5.74) is 2.25. The molecule has 3 fully saturated rings. The highest BCUT2D eigenvalue weighted by atomic mass is 32.2. The van der Waals surface area contributed by atoms with Crippen LogP contribution < -0.4 is 4.90 Å². The van der Waals surface area contributed by atoms with E-state index in [0.717, 1.165) is 36.8 Å². The third-order valence-corrected chi connectivity index (χ3v) is 5.92. The number of rotatable bonds is 5. The molecule has 0 saturated carbocycles. The molecule has 130 valence electrons. The molecular formula is C19H22N4OS. The summed E-state index contributed by atoms with van der Waals surface area (Å²) in [6.45, 7) is 3.74. The smallest absolute Gasteiger partial charge is 0.233 e. The molecule has 3 aliphatic rings. The van der Waals surface area contributed by atoms with Crippen LogP contribution in [-0.2, 0) is 10.5 Å². The van der Waals surface area contributed by atoms with Crippen LogP contribution in [-0.4, -0.2) is 51.7 Å². The van der Waals surface area contributed by atoms with Crippen molar-refractivity contribution in [1.82, 2.24) is 14.9 Å². The molecule has 5 rings (SSSR count). The second-order valence-electron chi connectivity index (χ2n) is 6.75.